The number of amides is 1. The summed E-state index contributed by atoms with van der Waals surface area (Å²) in [6.45, 7) is 0. The van der Waals surface area contributed by atoms with Crippen LogP contribution in [-0.2, 0) is 4.79 Å². The highest BCUT2D eigenvalue weighted by molar-refractivity contribution is 8.14. The van der Waals surface area contributed by atoms with Gasteiger partial charge >= 0.3 is 0 Å². The number of methoxy groups -OCH3 is 1. The average molecular weight is 401 g/mol. The van der Waals surface area contributed by atoms with Gasteiger partial charge in [0.25, 0.3) is 5.91 Å². The zero-order valence-electron chi connectivity index (χ0n) is 15.9. The molecule has 0 saturated heterocycles. The molecule has 144 valence electrons. The molecule has 29 heavy (non-hydrogen) atoms. The minimum atomic E-state index is -0.104. The van der Waals surface area contributed by atoms with Crippen LogP contribution < -0.4 is 4.74 Å². The van der Waals surface area contributed by atoms with Gasteiger partial charge in [0.1, 0.15) is 5.75 Å². The van der Waals surface area contributed by atoms with Crippen LogP contribution >= 0.6 is 11.8 Å². The second-order valence-electron chi connectivity index (χ2n) is 7.02. The molecule has 0 saturated carbocycles. The van der Waals surface area contributed by atoms with Crippen LogP contribution in [0.5, 0.6) is 5.75 Å². The predicted octanol–water partition coefficient (Wildman–Crippen LogP) is 4.63. The van der Waals surface area contributed by atoms with Crippen LogP contribution in [0.2, 0.25) is 0 Å². The molecule has 0 fully saturated rings. The second-order valence-corrected chi connectivity index (χ2v) is 7.97. The monoisotopic (exact) mass is 401 g/mol. The summed E-state index contributed by atoms with van der Waals surface area (Å²) in [5, 5.41) is 9.87. The number of hydrogen-bond donors (Lipinski definition) is 0. The number of benzene rings is 3. The molecule has 1 amide bonds. The molecule has 0 radical (unpaired) electrons. The SMILES string of the molecule is COc1ccc(C2CC(c3ccc4ccccc4c3)=NN2C2=NC(=O)CS2)cc1. The van der Waals surface area contributed by atoms with Gasteiger partial charge < -0.3 is 4.74 Å². The number of carbonyl (C=O) groups excluding carboxylic acids is 1. The van der Waals surface area contributed by atoms with E-state index in [2.05, 4.69) is 47.5 Å². The summed E-state index contributed by atoms with van der Waals surface area (Å²) in [4.78, 5) is 15.9. The summed E-state index contributed by atoms with van der Waals surface area (Å²) in [6.07, 6.45) is 0.748. The highest BCUT2D eigenvalue weighted by Crippen LogP contribution is 2.37. The number of hydrazone groups is 1. The highest BCUT2D eigenvalue weighted by atomic mass is 32.2. The summed E-state index contributed by atoms with van der Waals surface area (Å²) in [7, 11) is 1.66. The molecule has 2 aliphatic rings. The lowest BCUT2D eigenvalue weighted by atomic mass is 9.97. The number of nitrogens with zero attached hydrogens (tertiary/aromatic N) is 3. The van der Waals surface area contributed by atoms with E-state index >= 15 is 0 Å². The number of aliphatic imine (C=N–C) groups is 1. The van der Waals surface area contributed by atoms with Crippen molar-refractivity contribution >= 4 is 39.3 Å². The van der Waals surface area contributed by atoms with Gasteiger partial charge in [-0.3, -0.25) is 4.79 Å². The van der Waals surface area contributed by atoms with Gasteiger partial charge in [-0.05, 0) is 40.1 Å². The largest absolute Gasteiger partial charge is 0.497 e. The van der Waals surface area contributed by atoms with Gasteiger partial charge in [-0.2, -0.15) is 10.1 Å². The van der Waals surface area contributed by atoms with Crippen LogP contribution in [0.3, 0.4) is 0 Å². The highest BCUT2D eigenvalue weighted by Gasteiger charge is 2.34. The summed E-state index contributed by atoms with van der Waals surface area (Å²) in [6, 6.07) is 22.8. The Bertz CT molecular complexity index is 1150. The normalized spacial score (nSPS) is 18.9. The Labute approximate surface area is 173 Å². The Kier molecular flexibility index (Phi) is 4.56. The number of amidine groups is 1. The number of rotatable bonds is 3. The molecular formula is C23H19N3O2S. The van der Waals surface area contributed by atoms with Gasteiger partial charge in [0, 0.05) is 6.42 Å². The van der Waals surface area contributed by atoms with Crippen LogP contribution in [0.1, 0.15) is 23.6 Å². The van der Waals surface area contributed by atoms with Gasteiger partial charge in [0.15, 0.2) is 5.17 Å². The Morgan fingerprint density at radius 2 is 1.83 bits per heavy atom. The van der Waals surface area contributed by atoms with Crippen LogP contribution in [0.4, 0.5) is 0 Å². The van der Waals surface area contributed by atoms with E-state index in [4.69, 9.17) is 9.84 Å². The molecule has 1 atom stereocenters. The van der Waals surface area contributed by atoms with Crippen LogP contribution in [-0.4, -0.2) is 34.7 Å². The maximum Gasteiger partial charge on any atom is 0.258 e. The van der Waals surface area contributed by atoms with Crippen molar-refractivity contribution in [3.05, 3.63) is 77.9 Å². The van der Waals surface area contributed by atoms with E-state index < -0.39 is 0 Å². The molecule has 1 unspecified atom stereocenters. The first-order valence-electron chi connectivity index (χ1n) is 9.45. The molecule has 0 N–H and O–H groups in total. The van der Waals surface area contributed by atoms with E-state index in [1.165, 1.54) is 22.5 Å². The molecule has 5 nitrogen and oxygen atoms in total. The van der Waals surface area contributed by atoms with Crippen molar-refractivity contribution in [2.24, 2.45) is 10.1 Å². The molecule has 5 rings (SSSR count). The number of carbonyl (C=O) groups is 1. The second kappa shape index (κ2) is 7.37. The Balaban J connectivity index is 1.53. The Morgan fingerprint density at radius 1 is 1.03 bits per heavy atom. The van der Waals surface area contributed by atoms with Crippen LogP contribution in [0, 0.1) is 0 Å². The van der Waals surface area contributed by atoms with E-state index in [-0.39, 0.29) is 11.9 Å². The maximum atomic E-state index is 11.7. The number of fused-ring (bicyclic) bond motifs is 1. The molecule has 3 aromatic rings. The number of thioether (sulfide) groups is 1. The van der Waals surface area contributed by atoms with Gasteiger partial charge in [0.05, 0.1) is 24.6 Å². The molecule has 2 aliphatic heterocycles. The Morgan fingerprint density at radius 3 is 2.55 bits per heavy atom. The first-order valence-corrected chi connectivity index (χ1v) is 10.4. The van der Waals surface area contributed by atoms with E-state index in [9.17, 15) is 4.79 Å². The lowest BCUT2D eigenvalue weighted by Crippen LogP contribution is -2.23. The fraction of sp³-hybridized carbons (Fsp3) is 0.174. The summed E-state index contributed by atoms with van der Waals surface area (Å²) in [5.74, 6) is 1.09. The molecule has 6 heteroatoms. The third kappa shape index (κ3) is 3.40. The minimum absolute atomic E-state index is 0.000439. The van der Waals surface area contributed by atoms with E-state index in [1.54, 1.807) is 7.11 Å². The van der Waals surface area contributed by atoms with Gasteiger partial charge in [-0.25, -0.2) is 5.01 Å². The van der Waals surface area contributed by atoms with E-state index in [0.29, 0.717) is 10.9 Å². The molecule has 0 spiro atoms. The average Bonchev–Trinajstić information content (AvgIpc) is 3.40. The predicted molar refractivity (Wildman–Crippen MR) is 118 cm³/mol. The molecule has 0 bridgehead atoms. The third-order valence-corrected chi connectivity index (χ3v) is 6.16. The summed E-state index contributed by atoms with van der Waals surface area (Å²) < 4.78 is 5.29. The molecule has 0 aliphatic carbocycles. The van der Waals surface area contributed by atoms with Crippen LogP contribution in [0.25, 0.3) is 10.8 Å². The zero-order chi connectivity index (χ0) is 19.8. The zero-order valence-corrected chi connectivity index (χ0v) is 16.7. The molecule has 3 aromatic carbocycles. The quantitative estimate of drug-likeness (QED) is 0.642. The van der Waals surface area contributed by atoms with Crippen molar-refractivity contribution in [1.29, 1.82) is 0 Å². The smallest absolute Gasteiger partial charge is 0.258 e. The fourth-order valence-electron chi connectivity index (χ4n) is 3.73. The van der Waals surface area contributed by atoms with Crippen molar-refractivity contribution < 1.29 is 9.53 Å². The van der Waals surface area contributed by atoms with Crippen molar-refractivity contribution in [2.45, 2.75) is 12.5 Å². The van der Waals surface area contributed by atoms with Crippen molar-refractivity contribution in [2.75, 3.05) is 12.9 Å². The van der Waals surface area contributed by atoms with Crippen molar-refractivity contribution in [3.63, 3.8) is 0 Å². The number of hydrogen-bond acceptors (Lipinski definition) is 5. The molecule has 2 heterocycles. The van der Waals surface area contributed by atoms with Crippen molar-refractivity contribution in [3.8, 4) is 5.75 Å². The van der Waals surface area contributed by atoms with Gasteiger partial charge in [-0.1, -0.05) is 60.3 Å². The summed E-state index contributed by atoms with van der Waals surface area (Å²) in [5.41, 5.74) is 3.21. The Hall–Kier alpha value is -3.12. The minimum Gasteiger partial charge on any atom is -0.497 e. The first-order chi connectivity index (χ1) is 14.2. The summed E-state index contributed by atoms with van der Waals surface area (Å²) >= 11 is 1.45. The first kappa shape index (κ1) is 17.9. The van der Waals surface area contributed by atoms with E-state index in [0.717, 1.165) is 29.0 Å². The topological polar surface area (TPSA) is 54.3 Å². The van der Waals surface area contributed by atoms with E-state index in [1.807, 2.05) is 29.3 Å². The fourth-order valence-corrected chi connectivity index (χ4v) is 4.51. The molecule has 0 aromatic heterocycles. The standard InChI is InChI=1S/C23H19N3O2S/c1-28-19-10-8-16(9-11-19)21-13-20(25-26(21)23-24-22(27)14-29-23)18-7-6-15-4-2-3-5-17(15)12-18/h2-12,21H,13-14H2,1H3. The maximum absolute atomic E-state index is 11.7. The van der Waals surface area contributed by atoms with Crippen molar-refractivity contribution in [1.82, 2.24) is 5.01 Å². The van der Waals surface area contributed by atoms with Crippen LogP contribution in [0.15, 0.2) is 76.8 Å². The number of ether oxygens (including phenoxy) is 1. The molecular weight excluding hydrogens is 382 g/mol. The lowest BCUT2D eigenvalue weighted by molar-refractivity contribution is -0.115. The van der Waals surface area contributed by atoms with Gasteiger partial charge in [-0.15, -0.1) is 0 Å². The lowest BCUT2D eigenvalue weighted by Gasteiger charge is -2.22. The third-order valence-electron chi connectivity index (χ3n) is 5.23. The van der Waals surface area contributed by atoms with Gasteiger partial charge in [0.2, 0.25) is 0 Å².